The number of allylic oxidation sites excluding steroid dienone is 5. The van der Waals surface area contributed by atoms with Crippen molar-refractivity contribution in [3.8, 4) is 0 Å². The van der Waals surface area contributed by atoms with Crippen LogP contribution in [0.5, 0.6) is 0 Å². The van der Waals surface area contributed by atoms with Gasteiger partial charge in [-0.15, -0.1) is 0 Å². The largest absolute Gasteiger partial charge is 0.489 e. The molecule has 0 aromatic carbocycles. The van der Waals surface area contributed by atoms with Crippen LogP contribution in [0.15, 0.2) is 53.5 Å². The molecular weight excluding hydrogens is 160 g/mol. The summed E-state index contributed by atoms with van der Waals surface area (Å²) >= 11 is 0. The highest BCUT2D eigenvalue weighted by Crippen LogP contribution is 2.21. The van der Waals surface area contributed by atoms with E-state index in [-0.39, 0.29) is 0 Å². The van der Waals surface area contributed by atoms with Crippen LogP contribution in [0.2, 0.25) is 0 Å². The molecule has 0 aliphatic heterocycles. The quantitative estimate of drug-likeness (QED) is 0.461. The van der Waals surface area contributed by atoms with Gasteiger partial charge in [0.15, 0.2) is 5.76 Å². The monoisotopic (exact) mass is 174 g/mol. The van der Waals surface area contributed by atoms with Crippen LogP contribution in [0.1, 0.15) is 13.3 Å². The van der Waals surface area contributed by atoms with E-state index in [2.05, 4.69) is 31.4 Å². The maximum absolute atomic E-state index is 5.16. The van der Waals surface area contributed by atoms with E-state index in [9.17, 15) is 0 Å². The molecule has 0 aromatic rings. The van der Waals surface area contributed by atoms with Crippen molar-refractivity contribution in [3.05, 3.63) is 53.5 Å². The van der Waals surface area contributed by atoms with E-state index in [0.717, 1.165) is 12.0 Å². The Kier molecular flexibility index (Phi) is 3.36. The van der Waals surface area contributed by atoms with Gasteiger partial charge in [-0.05, 0) is 18.9 Å². The Morgan fingerprint density at radius 1 is 1.62 bits per heavy atom. The van der Waals surface area contributed by atoms with Crippen molar-refractivity contribution in [1.29, 1.82) is 0 Å². The van der Waals surface area contributed by atoms with Crippen molar-refractivity contribution in [2.24, 2.45) is 0 Å². The summed E-state index contributed by atoms with van der Waals surface area (Å²) in [4.78, 5) is 0. The summed E-state index contributed by atoms with van der Waals surface area (Å²) in [7, 11) is 1.64. The number of hydrogen-bond donors (Lipinski definition) is 0. The van der Waals surface area contributed by atoms with Crippen molar-refractivity contribution in [2.75, 3.05) is 7.11 Å². The molecule has 1 heteroatoms. The Morgan fingerprint density at radius 3 is 3.00 bits per heavy atom. The van der Waals surface area contributed by atoms with E-state index < -0.39 is 0 Å². The molecule has 0 atom stereocenters. The molecule has 13 heavy (non-hydrogen) atoms. The summed E-state index contributed by atoms with van der Waals surface area (Å²) in [6.07, 6.45) is 9.28. The molecule has 1 nitrogen and oxygen atoms in total. The molecule has 0 spiro atoms. The summed E-state index contributed by atoms with van der Waals surface area (Å²) in [5.41, 5.74) is 5.05. The number of ether oxygens (including phenoxy) is 1. The fourth-order valence-electron chi connectivity index (χ4n) is 1.26. The molecule has 0 N–H and O–H groups in total. The second kappa shape index (κ2) is 4.54. The van der Waals surface area contributed by atoms with Gasteiger partial charge in [0.2, 0.25) is 0 Å². The molecule has 0 amide bonds. The topological polar surface area (TPSA) is 9.23 Å². The van der Waals surface area contributed by atoms with Crippen molar-refractivity contribution >= 4 is 0 Å². The van der Waals surface area contributed by atoms with Crippen LogP contribution in [0.4, 0.5) is 0 Å². The molecule has 0 unspecified atom stereocenters. The van der Waals surface area contributed by atoms with Gasteiger partial charge in [0.1, 0.15) is 0 Å². The smallest absolute Gasteiger partial charge is 0.168 e. The Hall–Kier alpha value is -1.46. The highest BCUT2D eigenvalue weighted by molar-refractivity contribution is 5.45. The predicted octanol–water partition coefficient (Wildman–Crippen LogP) is 3.13. The van der Waals surface area contributed by atoms with Gasteiger partial charge < -0.3 is 4.74 Å². The molecule has 0 heterocycles. The van der Waals surface area contributed by atoms with E-state index in [1.807, 2.05) is 12.2 Å². The highest BCUT2D eigenvalue weighted by atomic mass is 16.5. The first kappa shape index (κ1) is 9.63. The zero-order valence-corrected chi connectivity index (χ0v) is 8.13. The van der Waals surface area contributed by atoms with Crippen molar-refractivity contribution in [3.63, 3.8) is 0 Å². The standard InChI is InChI=1S/C12H14O/c1-4-12(13-3)11-9-7-5-6-8-10(11)2/h5,7-9H,1,6H2,2-3H3. The van der Waals surface area contributed by atoms with Gasteiger partial charge in [-0.2, -0.15) is 0 Å². The zero-order chi connectivity index (χ0) is 9.68. The molecule has 0 fully saturated rings. The van der Waals surface area contributed by atoms with Crippen LogP contribution in [-0.2, 0) is 4.74 Å². The van der Waals surface area contributed by atoms with Gasteiger partial charge in [0.25, 0.3) is 0 Å². The molecule has 0 radical (unpaired) electrons. The Balaban J connectivity index is 3.07. The number of rotatable bonds is 2. The van der Waals surface area contributed by atoms with Crippen molar-refractivity contribution in [2.45, 2.75) is 13.3 Å². The molecule has 1 rings (SSSR count). The summed E-state index contributed by atoms with van der Waals surface area (Å²) in [5, 5.41) is 0. The third kappa shape index (κ3) is 2.24. The fraction of sp³-hybridized carbons (Fsp3) is 0.250. The molecule has 1 aliphatic rings. The van der Waals surface area contributed by atoms with Gasteiger partial charge >= 0.3 is 0 Å². The third-order valence-electron chi connectivity index (χ3n) is 1.99. The average Bonchev–Trinajstić information content (AvgIpc) is 2.34. The Labute approximate surface area is 79.4 Å². The van der Waals surface area contributed by atoms with Gasteiger partial charge in [-0.25, -0.2) is 0 Å². The van der Waals surface area contributed by atoms with E-state index in [1.165, 1.54) is 5.57 Å². The minimum Gasteiger partial charge on any atom is -0.489 e. The molecule has 0 saturated carbocycles. The lowest BCUT2D eigenvalue weighted by molar-refractivity contribution is 0.303. The Bertz CT molecular complexity index is 323. The molecule has 0 saturated heterocycles. The molecular formula is C12H14O. The zero-order valence-electron chi connectivity index (χ0n) is 8.13. The van der Waals surface area contributed by atoms with Crippen molar-refractivity contribution < 1.29 is 4.74 Å². The molecule has 1 aliphatic carbocycles. The maximum atomic E-state index is 5.16. The van der Waals surface area contributed by atoms with Crippen LogP contribution >= 0.6 is 0 Å². The molecule has 68 valence electrons. The van der Waals surface area contributed by atoms with E-state index >= 15 is 0 Å². The SMILES string of the molecule is C=C=C(OC)C1=CC=CCC=C1C. The second-order valence-electron chi connectivity index (χ2n) is 2.84. The minimum atomic E-state index is 0.709. The summed E-state index contributed by atoms with van der Waals surface area (Å²) in [6, 6.07) is 0. The van der Waals surface area contributed by atoms with Crippen LogP contribution in [0.25, 0.3) is 0 Å². The first-order valence-corrected chi connectivity index (χ1v) is 4.28. The fourth-order valence-corrected chi connectivity index (χ4v) is 1.26. The van der Waals surface area contributed by atoms with Gasteiger partial charge in [-0.1, -0.05) is 36.6 Å². The molecule has 0 bridgehead atoms. The van der Waals surface area contributed by atoms with Crippen LogP contribution in [0, 0.1) is 0 Å². The lowest BCUT2D eigenvalue weighted by Crippen LogP contribution is -1.92. The van der Waals surface area contributed by atoms with Gasteiger partial charge in [0, 0.05) is 5.57 Å². The predicted molar refractivity (Wildman–Crippen MR) is 55.3 cm³/mol. The number of hydrogen-bond acceptors (Lipinski definition) is 1. The minimum absolute atomic E-state index is 0.709. The average molecular weight is 174 g/mol. The summed E-state index contributed by atoms with van der Waals surface area (Å²) in [5.74, 6) is 0.709. The second-order valence-corrected chi connectivity index (χ2v) is 2.84. The first-order valence-electron chi connectivity index (χ1n) is 4.28. The summed E-state index contributed by atoms with van der Waals surface area (Å²) in [6.45, 7) is 5.66. The van der Waals surface area contributed by atoms with Gasteiger partial charge in [-0.3, -0.25) is 0 Å². The van der Waals surface area contributed by atoms with E-state index in [0.29, 0.717) is 5.76 Å². The van der Waals surface area contributed by atoms with Crippen LogP contribution in [0.3, 0.4) is 0 Å². The lowest BCUT2D eigenvalue weighted by Gasteiger charge is -2.07. The lowest BCUT2D eigenvalue weighted by atomic mass is 10.1. The highest BCUT2D eigenvalue weighted by Gasteiger charge is 2.06. The number of methoxy groups -OCH3 is 1. The third-order valence-corrected chi connectivity index (χ3v) is 1.99. The Morgan fingerprint density at radius 2 is 2.38 bits per heavy atom. The van der Waals surface area contributed by atoms with Gasteiger partial charge in [0.05, 0.1) is 7.11 Å². The van der Waals surface area contributed by atoms with Crippen molar-refractivity contribution in [1.82, 2.24) is 0 Å². The molecule has 0 aromatic heterocycles. The van der Waals surface area contributed by atoms with Crippen LogP contribution < -0.4 is 0 Å². The summed E-state index contributed by atoms with van der Waals surface area (Å²) < 4.78 is 5.16. The van der Waals surface area contributed by atoms with Crippen LogP contribution in [-0.4, -0.2) is 7.11 Å². The maximum Gasteiger partial charge on any atom is 0.168 e. The van der Waals surface area contributed by atoms with E-state index in [4.69, 9.17) is 4.74 Å². The normalized spacial score (nSPS) is 15.2. The van der Waals surface area contributed by atoms with E-state index in [1.54, 1.807) is 7.11 Å². The first-order chi connectivity index (χ1) is 6.29.